The first kappa shape index (κ1) is 19.2. The van der Waals surface area contributed by atoms with Gasteiger partial charge in [0.15, 0.2) is 0 Å². The van der Waals surface area contributed by atoms with Crippen molar-refractivity contribution in [2.75, 3.05) is 0 Å². The Morgan fingerprint density at radius 3 is 2.04 bits per heavy atom. The van der Waals surface area contributed by atoms with E-state index in [2.05, 4.69) is 6.58 Å². The molecule has 4 saturated carbocycles. The monoisotopic (exact) mass is 360 g/mol. The number of hydrogen-bond acceptors (Lipinski definition) is 3. The van der Waals surface area contributed by atoms with Crippen LogP contribution in [-0.4, -0.2) is 22.6 Å². The van der Waals surface area contributed by atoms with E-state index in [1.54, 1.807) is 6.08 Å². The second kappa shape index (κ2) is 6.86. The first-order valence-corrected chi connectivity index (χ1v) is 9.89. The molecule has 4 bridgehead atoms. The third kappa shape index (κ3) is 4.39. The maximum atomic E-state index is 12.6. The summed E-state index contributed by atoms with van der Waals surface area (Å²) in [5.74, 6) is 0.874. The Kier molecular flexibility index (Phi) is 5.06. The Labute approximate surface area is 156 Å². The van der Waals surface area contributed by atoms with Gasteiger partial charge >= 0.3 is 11.9 Å². The van der Waals surface area contributed by atoms with Crippen LogP contribution in [0.25, 0.3) is 0 Å². The number of esters is 1. The van der Waals surface area contributed by atoms with E-state index in [9.17, 15) is 14.7 Å². The van der Waals surface area contributed by atoms with Crippen LogP contribution in [0, 0.1) is 23.2 Å². The highest BCUT2D eigenvalue weighted by Gasteiger charge is 2.53. The summed E-state index contributed by atoms with van der Waals surface area (Å²) in [5.41, 5.74) is 0.291. The van der Waals surface area contributed by atoms with Crippen LogP contribution in [0.3, 0.4) is 0 Å². The first-order valence-electron chi connectivity index (χ1n) is 9.89. The maximum absolute atomic E-state index is 12.6. The van der Waals surface area contributed by atoms with Crippen LogP contribution in [0.15, 0.2) is 23.8 Å². The zero-order valence-corrected chi connectivity index (χ0v) is 16.3. The van der Waals surface area contributed by atoms with Gasteiger partial charge in [0.25, 0.3) is 0 Å². The van der Waals surface area contributed by atoms with Gasteiger partial charge in [-0.2, -0.15) is 0 Å². The van der Waals surface area contributed by atoms with Crippen LogP contribution < -0.4 is 0 Å². The number of allylic oxidation sites excluding steroid dienone is 1. The summed E-state index contributed by atoms with van der Waals surface area (Å²) < 4.78 is 5.99. The van der Waals surface area contributed by atoms with Crippen LogP contribution >= 0.6 is 0 Å². The maximum Gasteiger partial charge on any atom is 0.334 e. The van der Waals surface area contributed by atoms with Crippen LogP contribution in [0.2, 0.25) is 0 Å². The molecular formula is C22H32O4. The molecule has 4 rings (SSSR count). The van der Waals surface area contributed by atoms with Crippen molar-refractivity contribution in [2.24, 2.45) is 23.2 Å². The number of rotatable bonds is 6. The molecule has 4 nitrogen and oxygen atoms in total. The SMILES string of the molecule is C=C(CC=C(CC(C)(C)C)C(=O)O)C(=O)OC12CC3CC(CC(C3)C1)C2. The van der Waals surface area contributed by atoms with Gasteiger partial charge in [-0.15, -0.1) is 0 Å². The first-order chi connectivity index (χ1) is 12.1. The number of carboxylic acid groups (broad SMARTS) is 1. The van der Waals surface area contributed by atoms with Crippen LogP contribution in [-0.2, 0) is 14.3 Å². The summed E-state index contributed by atoms with van der Waals surface area (Å²) in [4.78, 5) is 24.0. The van der Waals surface area contributed by atoms with Gasteiger partial charge in [-0.25, -0.2) is 9.59 Å². The second-order valence-electron chi connectivity index (χ2n) is 10.1. The quantitative estimate of drug-likeness (QED) is 0.541. The molecule has 0 amide bonds. The number of ether oxygens (including phenoxy) is 1. The molecule has 0 unspecified atom stereocenters. The molecule has 0 aromatic heterocycles. The number of carboxylic acids is 1. The molecule has 4 aliphatic rings. The largest absolute Gasteiger partial charge is 0.478 e. The standard InChI is InChI=1S/C22H32O4/c1-14(5-6-18(19(23)24)13-21(2,3)4)20(25)26-22-10-15-7-16(11-22)9-17(8-15)12-22/h6,15-17H,1,5,7-13H2,2-4H3,(H,23,24). The second-order valence-corrected chi connectivity index (χ2v) is 10.1. The van der Waals surface area contributed by atoms with Gasteiger partial charge in [0, 0.05) is 11.1 Å². The molecule has 26 heavy (non-hydrogen) atoms. The van der Waals surface area contributed by atoms with E-state index in [-0.39, 0.29) is 23.4 Å². The Hall–Kier alpha value is -1.58. The van der Waals surface area contributed by atoms with E-state index >= 15 is 0 Å². The molecule has 0 radical (unpaired) electrons. The highest BCUT2D eigenvalue weighted by atomic mass is 16.6. The fraction of sp³-hybridized carbons (Fsp3) is 0.727. The zero-order chi connectivity index (χ0) is 19.1. The van der Waals surface area contributed by atoms with Crippen LogP contribution in [0.4, 0.5) is 0 Å². The van der Waals surface area contributed by atoms with Gasteiger partial charge in [0.1, 0.15) is 5.60 Å². The average Bonchev–Trinajstić information content (AvgIpc) is 2.47. The number of aliphatic carboxylic acids is 1. The van der Waals surface area contributed by atoms with E-state index in [1.165, 1.54) is 19.3 Å². The molecule has 0 aliphatic heterocycles. The molecule has 0 spiro atoms. The predicted molar refractivity (Wildman–Crippen MR) is 101 cm³/mol. The van der Waals surface area contributed by atoms with Crippen molar-refractivity contribution in [2.45, 2.75) is 77.7 Å². The minimum atomic E-state index is -0.929. The van der Waals surface area contributed by atoms with Gasteiger partial charge in [-0.3, -0.25) is 0 Å². The molecule has 0 aromatic carbocycles. The van der Waals surface area contributed by atoms with Gasteiger partial charge < -0.3 is 9.84 Å². The van der Waals surface area contributed by atoms with Crippen molar-refractivity contribution < 1.29 is 19.4 Å². The lowest BCUT2D eigenvalue weighted by molar-refractivity contribution is -0.182. The Balaban J connectivity index is 1.60. The van der Waals surface area contributed by atoms with E-state index in [0.717, 1.165) is 19.3 Å². The summed E-state index contributed by atoms with van der Waals surface area (Å²) in [6.45, 7) is 9.87. The normalized spacial score (nSPS) is 33.2. The van der Waals surface area contributed by atoms with Crippen LogP contribution in [0.1, 0.15) is 72.1 Å². The third-order valence-electron chi connectivity index (χ3n) is 6.17. The smallest absolute Gasteiger partial charge is 0.334 e. The molecule has 0 atom stereocenters. The highest BCUT2D eigenvalue weighted by Crippen LogP contribution is 2.57. The topological polar surface area (TPSA) is 63.6 Å². The average molecular weight is 360 g/mol. The molecule has 4 fully saturated rings. The van der Waals surface area contributed by atoms with Gasteiger partial charge in [0.2, 0.25) is 0 Å². The fourth-order valence-electron chi connectivity index (χ4n) is 5.56. The molecule has 4 heteroatoms. The number of carbonyl (C=O) groups excluding carboxylic acids is 1. The van der Waals surface area contributed by atoms with Crippen molar-refractivity contribution in [3.63, 3.8) is 0 Å². The Morgan fingerprint density at radius 2 is 1.62 bits per heavy atom. The van der Waals surface area contributed by atoms with Gasteiger partial charge in [-0.05, 0) is 74.5 Å². The van der Waals surface area contributed by atoms with Gasteiger partial charge in [-0.1, -0.05) is 33.4 Å². The zero-order valence-electron chi connectivity index (χ0n) is 16.3. The molecule has 0 aromatic rings. The van der Waals surface area contributed by atoms with Gasteiger partial charge in [0.05, 0.1) is 0 Å². The predicted octanol–water partition coefficient (Wildman–Crippen LogP) is 4.89. The minimum absolute atomic E-state index is 0.120. The molecule has 4 aliphatic carbocycles. The highest BCUT2D eigenvalue weighted by molar-refractivity contribution is 5.90. The Bertz CT molecular complexity index is 600. The summed E-state index contributed by atoms with van der Waals surface area (Å²) in [5, 5.41) is 9.38. The van der Waals surface area contributed by atoms with E-state index in [0.29, 0.717) is 35.3 Å². The summed E-state index contributed by atoms with van der Waals surface area (Å²) in [6.07, 6.45) is 9.22. The van der Waals surface area contributed by atoms with E-state index in [1.807, 2.05) is 20.8 Å². The van der Waals surface area contributed by atoms with Crippen molar-refractivity contribution in [1.82, 2.24) is 0 Å². The van der Waals surface area contributed by atoms with Crippen LogP contribution in [0.5, 0.6) is 0 Å². The lowest BCUT2D eigenvalue weighted by Crippen LogP contribution is -2.52. The van der Waals surface area contributed by atoms with Crippen molar-refractivity contribution >= 4 is 11.9 Å². The fourth-order valence-corrected chi connectivity index (χ4v) is 5.56. The molecule has 0 heterocycles. The van der Waals surface area contributed by atoms with Crippen molar-refractivity contribution in [3.05, 3.63) is 23.8 Å². The van der Waals surface area contributed by atoms with E-state index < -0.39 is 5.97 Å². The van der Waals surface area contributed by atoms with Crippen molar-refractivity contribution in [1.29, 1.82) is 0 Å². The molecular weight excluding hydrogens is 328 g/mol. The lowest BCUT2D eigenvalue weighted by Gasteiger charge is -2.55. The molecule has 0 saturated heterocycles. The number of carbonyl (C=O) groups is 2. The summed E-state index contributed by atoms with van der Waals surface area (Å²) >= 11 is 0. The van der Waals surface area contributed by atoms with E-state index in [4.69, 9.17) is 4.74 Å². The Morgan fingerprint density at radius 1 is 1.12 bits per heavy atom. The molecule has 144 valence electrons. The van der Waals surface area contributed by atoms with Crippen molar-refractivity contribution in [3.8, 4) is 0 Å². The minimum Gasteiger partial charge on any atom is -0.478 e. The molecule has 1 N–H and O–H groups in total. The lowest BCUT2D eigenvalue weighted by atomic mass is 9.54. The number of hydrogen-bond donors (Lipinski definition) is 1. The third-order valence-corrected chi connectivity index (χ3v) is 6.17. The summed E-state index contributed by atoms with van der Waals surface area (Å²) in [6, 6.07) is 0. The summed E-state index contributed by atoms with van der Waals surface area (Å²) in [7, 11) is 0.